The molecule has 0 radical (unpaired) electrons. The number of likely N-dealkylation sites (tertiary alicyclic amines) is 1. The lowest BCUT2D eigenvalue weighted by atomic mass is 9.78. The minimum Gasteiger partial charge on any atom is -0.339 e. The van der Waals surface area contributed by atoms with Crippen LogP contribution in [0.2, 0.25) is 0 Å². The number of fused-ring (bicyclic) bond motifs is 1. The van der Waals surface area contributed by atoms with Gasteiger partial charge in [0.15, 0.2) is 5.16 Å². The molecule has 1 N–H and O–H groups in total. The van der Waals surface area contributed by atoms with E-state index in [9.17, 15) is 9.59 Å². The van der Waals surface area contributed by atoms with E-state index in [1.165, 1.54) is 44.4 Å². The molecule has 1 aliphatic heterocycles. The lowest BCUT2D eigenvalue weighted by molar-refractivity contribution is -0.134. The van der Waals surface area contributed by atoms with Crippen LogP contribution in [0.5, 0.6) is 0 Å². The van der Waals surface area contributed by atoms with Crippen LogP contribution in [-0.2, 0) is 9.59 Å². The first-order chi connectivity index (χ1) is 15.6. The van der Waals surface area contributed by atoms with Crippen molar-refractivity contribution in [2.75, 3.05) is 17.6 Å². The summed E-state index contributed by atoms with van der Waals surface area (Å²) in [5.41, 5.74) is 1.66. The summed E-state index contributed by atoms with van der Waals surface area (Å²) in [6.45, 7) is 2.39. The molecule has 1 saturated heterocycles. The average Bonchev–Trinajstić information content (AvgIpc) is 3.56. The summed E-state index contributed by atoms with van der Waals surface area (Å²) >= 11 is 1.48. The van der Waals surface area contributed by atoms with Crippen LogP contribution in [0.25, 0.3) is 5.69 Å². The third-order valence-corrected chi connectivity index (χ3v) is 7.83. The minimum absolute atomic E-state index is 0.101. The Morgan fingerprint density at radius 2 is 1.91 bits per heavy atom. The predicted octanol–water partition coefficient (Wildman–Crippen LogP) is 4.38. The number of aromatic nitrogens is 3. The Morgan fingerprint density at radius 1 is 1.09 bits per heavy atom. The van der Waals surface area contributed by atoms with E-state index < -0.39 is 0 Å². The smallest absolute Gasteiger partial charge is 0.233 e. The van der Waals surface area contributed by atoms with Crippen molar-refractivity contribution in [1.29, 1.82) is 0 Å². The van der Waals surface area contributed by atoms with Gasteiger partial charge < -0.3 is 10.2 Å². The molecule has 2 aromatic rings. The molecule has 1 aromatic heterocycles. The zero-order chi connectivity index (χ0) is 22.1. The number of benzene rings is 1. The number of nitrogens with zero attached hydrogens (tertiary/aromatic N) is 4. The van der Waals surface area contributed by atoms with Gasteiger partial charge in [-0.25, -0.2) is 0 Å². The fourth-order valence-corrected chi connectivity index (χ4v) is 6.14. The maximum atomic E-state index is 13.2. The van der Waals surface area contributed by atoms with Gasteiger partial charge in [-0.05, 0) is 62.6 Å². The Bertz CT molecular complexity index is 1000. The fraction of sp³-hybridized carbons (Fsp3) is 0.583. The normalized spacial score (nSPS) is 23.0. The summed E-state index contributed by atoms with van der Waals surface area (Å²) in [5, 5.41) is 12.5. The second-order valence-electron chi connectivity index (χ2n) is 9.31. The molecule has 2 unspecified atom stereocenters. The van der Waals surface area contributed by atoms with Crippen LogP contribution in [-0.4, -0.2) is 49.8 Å². The first-order valence-electron chi connectivity index (χ1n) is 11.9. The van der Waals surface area contributed by atoms with Crippen LogP contribution in [0.15, 0.2) is 29.4 Å². The highest BCUT2D eigenvalue weighted by atomic mass is 32.2. The van der Waals surface area contributed by atoms with E-state index in [0.717, 1.165) is 54.6 Å². The van der Waals surface area contributed by atoms with Gasteiger partial charge in [0.2, 0.25) is 11.8 Å². The van der Waals surface area contributed by atoms with E-state index in [4.69, 9.17) is 0 Å². The van der Waals surface area contributed by atoms with Crippen molar-refractivity contribution in [2.24, 2.45) is 5.92 Å². The van der Waals surface area contributed by atoms with E-state index in [1.54, 1.807) is 0 Å². The van der Waals surface area contributed by atoms with Gasteiger partial charge in [0.1, 0.15) is 5.82 Å². The maximum Gasteiger partial charge on any atom is 0.233 e. The van der Waals surface area contributed by atoms with Crippen molar-refractivity contribution in [2.45, 2.75) is 75.4 Å². The molecule has 7 nitrogen and oxygen atoms in total. The number of anilines is 1. The van der Waals surface area contributed by atoms with Crippen LogP contribution in [0.3, 0.4) is 0 Å². The van der Waals surface area contributed by atoms with Crippen molar-refractivity contribution >= 4 is 29.3 Å². The van der Waals surface area contributed by atoms with E-state index in [2.05, 4.69) is 25.0 Å². The first kappa shape index (κ1) is 21.5. The molecule has 32 heavy (non-hydrogen) atoms. The SMILES string of the molecule is CC(=O)Nc1cccc(-n2c(SCC(=O)N3CCCC4CCCCC43)nnc2C2CC2)c1. The summed E-state index contributed by atoms with van der Waals surface area (Å²) in [6, 6.07) is 8.18. The molecule has 2 aliphatic carbocycles. The van der Waals surface area contributed by atoms with Gasteiger partial charge in [0, 0.05) is 31.1 Å². The zero-order valence-corrected chi connectivity index (χ0v) is 19.4. The number of rotatable bonds is 6. The second kappa shape index (κ2) is 9.25. The molecular formula is C24H31N5O2S. The molecule has 3 aliphatic rings. The molecule has 2 saturated carbocycles. The average molecular weight is 454 g/mol. The molecule has 8 heteroatoms. The van der Waals surface area contributed by atoms with Crippen molar-refractivity contribution in [1.82, 2.24) is 19.7 Å². The standard InChI is InChI=1S/C24H31N5O2S/c1-16(30)25-19-8-4-9-20(14-19)29-23(18-11-12-18)26-27-24(29)32-15-22(31)28-13-5-7-17-6-2-3-10-21(17)28/h4,8-9,14,17-18,21H,2-3,5-7,10-13,15H2,1H3,(H,25,30). The van der Waals surface area contributed by atoms with Crippen molar-refractivity contribution in [3.63, 3.8) is 0 Å². The van der Waals surface area contributed by atoms with Gasteiger partial charge in [-0.3, -0.25) is 14.2 Å². The van der Waals surface area contributed by atoms with E-state index in [0.29, 0.717) is 23.6 Å². The fourth-order valence-electron chi connectivity index (χ4n) is 5.29. The quantitative estimate of drug-likeness (QED) is 0.657. The predicted molar refractivity (Wildman–Crippen MR) is 125 cm³/mol. The summed E-state index contributed by atoms with van der Waals surface area (Å²) in [4.78, 5) is 26.9. The molecule has 3 fully saturated rings. The number of carbonyl (C=O) groups excluding carboxylic acids is 2. The molecule has 0 spiro atoms. The lowest BCUT2D eigenvalue weighted by Crippen LogP contribution is -2.50. The van der Waals surface area contributed by atoms with E-state index in [1.807, 2.05) is 24.3 Å². The van der Waals surface area contributed by atoms with Gasteiger partial charge in [0.25, 0.3) is 0 Å². The van der Waals surface area contributed by atoms with Crippen LogP contribution < -0.4 is 5.32 Å². The molecule has 0 bridgehead atoms. The molecule has 2 heterocycles. The first-order valence-corrected chi connectivity index (χ1v) is 12.8. The largest absolute Gasteiger partial charge is 0.339 e. The molecular weight excluding hydrogens is 422 g/mol. The summed E-state index contributed by atoms with van der Waals surface area (Å²) in [5.74, 6) is 2.56. The van der Waals surface area contributed by atoms with Crippen LogP contribution in [0, 0.1) is 5.92 Å². The zero-order valence-electron chi connectivity index (χ0n) is 18.6. The van der Waals surface area contributed by atoms with Crippen molar-refractivity contribution < 1.29 is 9.59 Å². The molecule has 2 amide bonds. The Kier molecular flexibility index (Phi) is 6.22. The Balaban J connectivity index is 1.34. The van der Waals surface area contributed by atoms with Crippen LogP contribution in [0.1, 0.15) is 70.0 Å². The topological polar surface area (TPSA) is 80.1 Å². The molecule has 170 valence electrons. The number of amides is 2. The highest BCUT2D eigenvalue weighted by molar-refractivity contribution is 7.99. The van der Waals surface area contributed by atoms with Crippen LogP contribution in [0.4, 0.5) is 5.69 Å². The van der Waals surface area contributed by atoms with Gasteiger partial charge in [-0.1, -0.05) is 30.7 Å². The number of nitrogens with one attached hydrogen (secondary N) is 1. The van der Waals surface area contributed by atoms with Gasteiger partial charge in [-0.2, -0.15) is 0 Å². The lowest BCUT2D eigenvalue weighted by Gasteiger charge is -2.44. The molecule has 2 atom stereocenters. The third-order valence-electron chi connectivity index (χ3n) is 6.91. The Labute approximate surface area is 193 Å². The minimum atomic E-state index is -0.101. The number of hydrogen-bond acceptors (Lipinski definition) is 5. The van der Waals surface area contributed by atoms with Gasteiger partial charge in [0.05, 0.1) is 11.4 Å². The third kappa shape index (κ3) is 4.56. The monoisotopic (exact) mass is 453 g/mol. The summed E-state index contributed by atoms with van der Waals surface area (Å²) in [6.07, 6.45) is 9.59. The highest BCUT2D eigenvalue weighted by Crippen LogP contribution is 2.41. The number of thioether (sulfide) groups is 1. The molecule has 1 aromatic carbocycles. The Morgan fingerprint density at radius 3 is 2.72 bits per heavy atom. The Hall–Kier alpha value is -2.35. The summed E-state index contributed by atoms with van der Waals surface area (Å²) in [7, 11) is 0. The van der Waals surface area contributed by atoms with Crippen molar-refractivity contribution in [3.8, 4) is 5.69 Å². The highest BCUT2D eigenvalue weighted by Gasteiger charge is 2.36. The van der Waals surface area contributed by atoms with Gasteiger partial charge in [-0.15, -0.1) is 10.2 Å². The van der Waals surface area contributed by atoms with Gasteiger partial charge >= 0.3 is 0 Å². The second-order valence-corrected chi connectivity index (χ2v) is 10.3. The maximum absolute atomic E-state index is 13.2. The van der Waals surface area contributed by atoms with Crippen molar-refractivity contribution in [3.05, 3.63) is 30.1 Å². The van der Waals surface area contributed by atoms with E-state index >= 15 is 0 Å². The number of hydrogen-bond donors (Lipinski definition) is 1. The summed E-state index contributed by atoms with van der Waals surface area (Å²) < 4.78 is 2.07. The number of carbonyl (C=O) groups is 2. The van der Waals surface area contributed by atoms with Crippen LogP contribution >= 0.6 is 11.8 Å². The van der Waals surface area contributed by atoms with E-state index in [-0.39, 0.29) is 11.8 Å². The molecule has 5 rings (SSSR count). The number of piperidine rings is 1.